The van der Waals surface area contributed by atoms with Gasteiger partial charge in [0.15, 0.2) is 0 Å². The highest BCUT2D eigenvalue weighted by Gasteiger charge is 2.20. The topological polar surface area (TPSA) is 58.4 Å². The molecule has 0 bridgehead atoms. The second-order valence-corrected chi connectivity index (χ2v) is 8.45. The SMILES string of the molecule is O=C(CCCn1nc(-c2cccs2)ccc1=O)N1CCN(Cc2ccccc2)CC1. The fourth-order valence-electron chi connectivity index (χ4n) is 3.70. The van der Waals surface area contributed by atoms with E-state index in [1.807, 2.05) is 28.5 Å². The maximum atomic E-state index is 12.6. The van der Waals surface area contributed by atoms with Crippen molar-refractivity contribution in [2.45, 2.75) is 25.9 Å². The van der Waals surface area contributed by atoms with E-state index in [2.05, 4.69) is 34.3 Å². The summed E-state index contributed by atoms with van der Waals surface area (Å²) in [6, 6.07) is 17.7. The quantitative estimate of drug-likeness (QED) is 0.587. The molecule has 0 atom stereocenters. The van der Waals surface area contributed by atoms with Gasteiger partial charge in [0.2, 0.25) is 5.91 Å². The van der Waals surface area contributed by atoms with E-state index >= 15 is 0 Å². The van der Waals surface area contributed by atoms with E-state index in [-0.39, 0.29) is 11.5 Å². The Bertz CT molecular complexity index is 1010. The molecule has 1 aliphatic heterocycles. The molecule has 7 heteroatoms. The fraction of sp³-hybridized carbons (Fsp3) is 0.348. The maximum Gasteiger partial charge on any atom is 0.266 e. The van der Waals surface area contributed by atoms with Crippen molar-refractivity contribution in [2.24, 2.45) is 0 Å². The molecule has 1 fully saturated rings. The van der Waals surface area contributed by atoms with Crippen LogP contribution in [0.25, 0.3) is 10.6 Å². The lowest BCUT2D eigenvalue weighted by Crippen LogP contribution is -2.48. The Hall–Kier alpha value is -2.77. The van der Waals surface area contributed by atoms with Gasteiger partial charge in [-0.1, -0.05) is 36.4 Å². The first-order chi connectivity index (χ1) is 14.7. The highest BCUT2D eigenvalue weighted by atomic mass is 32.1. The van der Waals surface area contributed by atoms with Gasteiger partial charge in [0.1, 0.15) is 5.69 Å². The Labute approximate surface area is 180 Å². The van der Waals surface area contributed by atoms with Crippen LogP contribution in [0.2, 0.25) is 0 Å². The van der Waals surface area contributed by atoms with Crippen molar-refractivity contribution in [2.75, 3.05) is 26.2 Å². The highest BCUT2D eigenvalue weighted by molar-refractivity contribution is 7.13. The van der Waals surface area contributed by atoms with E-state index in [1.54, 1.807) is 23.5 Å². The summed E-state index contributed by atoms with van der Waals surface area (Å²) in [5.74, 6) is 0.164. The van der Waals surface area contributed by atoms with E-state index in [4.69, 9.17) is 0 Å². The number of nitrogens with zero attached hydrogens (tertiary/aromatic N) is 4. The number of piperazine rings is 1. The Morgan fingerprint density at radius 3 is 2.50 bits per heavy atom. The van der Waals surface area contributed by atoms with Gasteiger partial charge in [0.25, 0.3) is 5.56 Å². The molecule has 30 heavy (non-hydrogen) atoms. The van der Waals surface area contributed by atoms with Crippen LogP contribution in [0.15, 0.2) is 64.8 Å². The van der Waals surface area contributed by atoms with Gasteiger partial charge in [-0.2, -0.15) is 5.10 Å². The van der Waals surface area contributed by atoms with Crippen LogP contribution < -0.4 is 5.56 Å². The van der Waals surface area contributed by atoms with Crippen molar-refractivity contribution < 1.29 is 4.79 Å². The van der Waals surface area contributed by atoms with Crippen LogP contribution in [0, 0.1) is 0 Å². The smallest absolute Gasteiger partial charge is 0.266 e. The van der Waals surface area contributed by atoms with Crippen LogP contribution >= 0.6 is 11.3 Å². The molecule has 1 aromatic carbocycles. The Morgan fingerprint density at radius 2 is 1.77 bits per heavy atom. The molecule has 3 aromatic rings. The first-order valence-corrected chi connectivity index (χ1v) is 11.2. The summed E-state index contributed by atoms with van der Waals surface area (Å²) in [6.45, 7) is 4.69. The molecule has 0 unspecified atom stereocenters. The van der Waals surface area contributed by atoms with E-state index in [9.17, 15) is 9.59 Å². The van der Waals surface area contributed by atoms with E-state index < -0.39 is 0 Å². The number of carbonyl (C=O) groups excluding carboxylic acids is 1. The minimum atomic E-state index is -0.128. The first kappa shape index (κ1) is 20.5. The van der Waals surface area contributed by atoms with Crippen LogP contribution in [0.1, 0.15) is 18.4 Å². The van der Waals surface area contributed by atoms with Crippen molar-refractivity contribution in [3.63, 3.8) is 0 Å². The average molecular weight is 423 g/mol. The summed E-state index contributed by atoms with van der Waals surface area (Å²) < 4.78 is 1.47. The van der Waals surface area contributed by atoms with Crippen LogP contribution in [-0.2, 0) is 17.9 Å². The summed E-state index contributed by atoms with van der Waals surface area (Å²) in [5, 5.41) is 6.45. The molecule has 4 rings (SSSR count). The normalized spacial score (nSPS) is 14.7. The summed E-state index contributed by atoms with van der Waals surface area (Å²) in [5.41, 5.74) is 1.97. The second-order valence-electron chi connectivity index (χ2n) is 7.50. The van der Waals surface area contributed by atoms with Gasteiger partial charge >= 0.3 is 0 Å². The number of aromatic nitrogens is 2. The summed E-state index contributed by atoms with van der Waals surface area (Å²) >= 11 is 1.60. The van der Waals surface area contributed by atoms with Crippen molar-refractivity contribution in [3.8, 4) is 10.6 Å². The zero-order valence-electron chi connectivity index (χ0n) is 16.9. The molecule has 0 saturated carbocycles. The number of amides is 1. The molecule has 0 spiro atoms. The van der Waals surface area contributed by atoms with Crippen molar-refractivity contribution in [3.05, 3.63) is 75.9 Å². The predicted molar refractivity (Wildman–Crippen MR) is 119 cm³/mol. The molecule has 0 radical (unpaired) electrons. The van der Waals surface area contributed by atoms with Crippen LogP contribution in [0.5, 0.6) is 0 Å². The number of thiophene rings is 1. The maximum absolute atomic E-state index is 12.6. The van der Waals surface area contributed by atoms with Gasteiger partial charge < -0.3 is 4.90 Å². The number of rotatable bonds is 7. The van der Waals surface area contributed by atoms with Gasteiger partial charge in [-0.3, -0.25) is 14.5 Å². The minimum absolute atomic E-state index is 0.128. The zero-order chi connectivity index (χ0) is 20.8. The summed E-state index contributed by atoms with van der Waals surface area (Å²) in [4.78, 5) is 30.1. The molecule has 0 N–H and O–H groups in total. The molecule has 0 aliphatic carbocycles. The van der Waals surface area contributed by atoms with E-state index in [0.717, 1.165) is 43.3 Å². The number of aryl methyl sites for hydroxylation is 1. The standard InChI is InChI=1S/C23H26N4O2S/c28-22(26-15-13-25(14-16-26)18-19-6-2-1-3-7-19)9-4-12-27-23(29)11-10-20(24-27)21-8-5-17-30-21/h1-3,5-8,10-11,17H,4,9,12-16,18H2. The molecule has 1 amide bonds. The molecule has 1 saturated heterocycles. The molecule has 2 aromatic heterocycles. The number of hydrogen-bond donors (Lipinski definition) is 0. The average Bonchev–Trinajstić information content (AvgIpc) is 3.31. The Kier molecular flexibility index (Phi) is 6.71. The number of benzene rings is 1. The van der Waals surface area contributed by atoms with Gasteiger partial charge in [-0.25, -0.2) is 4.68 Å². The van der Waals surface area contributed by atoms with E-state index in [0.29, 0.717) is 19.4 Å². The van der Waals surface area contributed by atoms with Gasteiger partial charge in [0, 0.05) is 51.8 Å². The molecule has 1 aliphatic rings. The van der Waals surface area contributed by atoms with Crippen molar-refractivity contribution in [1.82, 2.24) is 19.6 Å². The molecule has 6 nitrogen and oxygen atoms in total. The molecular formula is C23H26N4O2S. The Balaban J connectivity index is 1.24. The zero-order valence-corrected chi connectivity index (χ0v) is 17.8. The molecule has 3 heterocycles. The second kappa shape index (κ2) is 9.82. The first-order valence-electron chi connectivity index (χ1n) is 10.4. The van der Waals surface area contributed by atoms with Crippen LogP contribution in [0.4, 0.5) is 0 Å². The lowest BCUT2D eigenvalue weighted by molar-refractivity contribution is -0.133. The van der Waals surface area contributed by atoms with Crippen molar-refractivity contribution >= 4 is 17.2 Å². The fourth-order valence-corrected chi connectivity index (χ4v) is 4.39. The summed E-state index contributed by atoms with van der Waals surface area (Å²) in [7, 11) is 0. The number of carbonyl (C=O) groups is 1. The lowest BCUT2D eigenvalue weighted by Gasteiger charge is -2.34. The lowest BCUT2D eigenvalue weighted by atomic mass is 10.2. The van der Waals surface area contributed by atoms with Crippen molar-refractivity contribution in [1.29, 1.82) is 0 Å². The van der Waals surface area contributed by atoms with E-state index in [1.165, 1.54) is 10.2 Å². The minimum Gasteiger partial charge on any atom is -0.340 e. The van der Waals surface area contributed by atoms with Gasteiger partial charge in [0.05, 0.1) is 4.88 Å². The molecule has 156 valence electrons. The predicted octanol–water partition coefficient (Wildman–Crippen LogP) is 3.10. The van der Waals surface area contributed by atoms with Gasteiger partial charge in [-0.15, -0.1) is 11.3 Å². The summed E-state index contributed by atoms with van der Waals surface area (Å²) in [6.07, 6.45) is 1.06. The Morgan fingerprint density at radius 1 is 0.967 bits per heavy atom. The third-order valence-corrected chi connectivity index (χ3v) is 6.27. The number of hydrogen-bond acceptors (Lipinski definition) is 5. The highest BCUT2D eigenvalue weighted by Crippen LogP contribution is 2.21. The van der Waals surface area contributed by atoms with Crippen LogP contribution in [0.3, 0.4) is 0 Å². The third kappa shape index (κ3) is 5.23. The molecular weight excluding hydrogens is 396 g/mol. The largest absolute Gasteiger partial charge is 0.340 e. The van der Waals surface area contributed by atoms with Crippen LogP contribution in [-0.4, -0.2) is 51.7 Å². The third-order valence-electron chi connectivity index (χ3n) is 5.37. The van der Waals surface area contributed by atoms with Gasteiger partial charge in [-0.05, 0) is 29.5 Å². The monoisotopic (exact) mass is 422 g/mol.